The number of hydrogen-bond acceptors (Lipinski definition) is 1. The second kappa shape index (κ2) is 4.06. The topological polar surface area (TPSA) is 12.4 Å². The Balaban J connectivity index is 4.13. The maximum Gasteiger partial charge on any atom is 0.173 e. The van der Waals surface area contributed by atoms with Gasteiger partial charge in [0.2, 0.25) is 0 Å². The Hall–Kier alpha value is -0.336. The number of rotatable bonds is 1. The molecule has 0 aromatic heterocycles. The van der Waals surface area contributed by atoms with Crippen LogP contribution in [0.15, 0.2) is 4.66 Å². The van der Waals surface area contributed by atoms with E-state index in [9.17, 15) is 0 Å². The lowest BCUT2D eigenvalue weighted by Gasteiger charge is -2.06. The fourth-order valence-corrected chi connectivity index (χ4v) is 1.42. The summed E-state index contributed by atoms with van der Waals surface area (Å²) in [6.45, 7) is 13.3. The van der Waals surface area contributed by atoms with E-state index >= 15 is 0 Å². The van der Waals surface area contributed by atoms with Crippen molar-refractivity contribution in [3.8, 4) is 11.5 Å². The van der Waals surface area contributed by atoms with Crippen molar-refractivity contribution in [2.24, 2.45) is 4.66 Å². The van der Waals surface area contributed by atoms with Gasteiger partial charge in [-0.05, 0) is 19.6 Å². The molecule has 0 rings (SSSR count). The van der Waals surface area contributed by atoms with Crippen LogP contribution < -0.4 is 0 Å². The minimum absolute atomic E-state index is 1.19. The van der Waals surface area contributed by atoms with Crippen LogP contribution in [-0.4, -0.2) is 22.5 Å². The SMILES string of the molecule is C[Si](C)(C)C#CC=N[Si](C)(C)C. The largest absolute Gasteiger partial charge is 0.321 e. The van der Waals surface area contributed by atoms with Crippen molar-refractivity contribution in [2.75, 3.05) is 0 Å². The van der Waals surface area contributed by atoms with Crippen LogP contribution in [0.2, 0.25) is 39.3 Å². The van der Waals surface area contributed by atoms with Gasteiger partial charge in [-0.1, -0.05) is 25.6 Å². The highest BCUT2D eigenvalue weighted by atomic mass is 28.3. The molecule has 3 heteroatoms. The van der Waals surface area contributed by atoms with Crippen molar-refractivity contribution in [2.45, 2.75) is 39.3 Å². The molecule has 0 heterocycles. The average molecular weight is 197 g/mol. The Kier molecular flexibility index (Phi) is 3.95. The Morgan fingerprint density at radius 1 is 1.00 bits per heavy atom. The molecule has 12 heavy (non-hydrogen) atoms. The summed E-state index contributed by atoms with van der Waals surface area (Å²) in [5.41, 5.74) is 3.26. The first-order valence-electron chi connectivity index (χ1n) is 4.27. The quantitative estimate of drug-likeness (QED) is 0.348. The lowest BCUT2D eigenvalue weighted by atomic mass is 10.8. The summed E-state index contributed by atoms with van der Waals surface area (Å²) in [5.74, 6) is 3.04. The van der Waals surface area contributed by atoms with E-state index < -0.39 is 16.3 Å². The van der Waals surface area contributed by atoms with Gasteiger partial charge in [-0.15, -0.1) is 5.54 Å². The van der Waals surface area contributed by atoms with Crippen molar-refractivity contribution >= 4 is 22.5 Å². The second-order valence-electron chi connectivity index (χ2n) is 4.95. The molecular formula is C9H19NSi2. The number of nitrogens with zero attached hydrogens (tertiary/aromatic N) is 1. The first-order chi connectivity index (χ1) is 5.21. The molecule has 0 aliphatic rings. The van der Waals surface area contributed by atoms with Crippen LogP contribution in [0.25, 0.3) is 0 Å². The van der Waals surface area contributed by atoms with Crippen LogP contribution in [0.1, 0.15) is 0 Å². The van der Waals surface area contributed by atoms with Crippen molar-refractivity contribution in [3.05, 3.63) is 0 Å². The molecule has 0 aromatic rings. The Morgan fingerprint density at radius 3 is 1.83 bits per heavy atom. The molecule has 0 bridgehead atoms. The lowest BCUT2D eigenvalue weighted by Crippen LogP contribution is -2.17. The van der Waals surface area contributed by atoms with E-state index in [0.717, 1.165) is 0 Å². The maximum atomic E-state index is 4.42. The third kappa shape index (κ3) is 9.66. The van der Waals surface area contributed by atoms with Gasteiger partial charge in [0, 0.05) is 0 Å². The molecule has 0 spiro atoms. The van der Waals surface area contributed by atoms with Crippen molar-refractivity contribution in [3.63, 3.8) is 0 Å². The fraction of sp³-hybridized carbons (Fsp3) is 0.667. The van der Waals surface area contributed by atoms with E-state index in [-0.39, 0.29) is 0 Å². The Labute approximate surface area is 78.4 Å². The second-order valence-corrected chi connectivity index (χ2v) is 14.3. The third-order valence-corrected chi connectivity index (χ3v) is 2.76. The molecule has 1 nitrogen and oxygen atoms in total. The summed E-state index contributed by atoms with van der Waals surface area (Å²) >= 11 is 0. The zero-order valence-corrected chi connectivity index (χ0v) is 11.0. The van der Waals surface area contributed by atoms with Crippen molar-refractivity contribution in [1.29, 1.82) is 0 Å². The van der Waals surface area contributed by atoms with Gasteiger partial charge in [0.25, 0.3) is 0 Å². The summed E-state index contributed by atoms with van der Waals surface area (Å²) in [5, 5.41) is 0. The van der Waals surface area contributed by atoms with Gasteiger partial charge >= 0.3 is 0 Å². The van der Waals surface area contributed by atoms with E-state index in [2.05, 4.69) is 55.4 Å². The summed E-state index contributed by atoms with van der Waals surface area (Å²) in [7, 11) is -2.46. The molecule has 68 valence electrons. The number of hydrogen-bond donors (Lipinski definition) is 0. The van der Waals surface area contributed by atoms with Crippen LogP contribution >= 0.6 is 0 Å². The smallest absolute Gasteiger partial charge is 0.173 e. The third-order valence-electron chi connectivity index (χ3n) is 0.964. The molecule has 0 N–H and O–H groups in total. The summed E-state index contributed by atoms with van der Waals surface area (Å²) in [6.07, 6.45) is 1.80. The molecule has 0 radical (unpaired) electrons. The van der Waals surface area contributed by atoms with Gasteiger partial charge in [-0.2, -0.15) is 0 Å². The molecular weight excluding hydrogens is 178 g/mol. The molecule has 0 saturated carbocycles. The predicted octanol–water partition coefficient (Wildman–Crippen LogP) is 2.77. The summed E-state index contributed by atoms with van der Waals surface area (Å²) in [4.78, 5) is 0. The Morgan fingerprint density at radius 2 is 1.50 bits per heavy atom. The highest BCUT2D eigenvalue weighted by molar-refractivity contribution is 6.84. The van der Waals surface area contributed by atoms with E-state index in [1.807, 2.05) is 0 Å². The predicted molar refractivity (Wildman–Crippen MR) is 63.0 cm³/mol. The molecule has 0 aromatic carbocycles. The highest BCUT2D eigenvalue weighted by Gasteiger charge is 2.09. The summed E-state index contributed by atoms with van der Waals surface area (Å²) < 4.78 is 4.42. The van der Waals surface area contributed by atoms with Gasteiger partial charge in [-0.3, -0.25) is 0 Å². The molecule has 0 amide bonds. The molecule has 0 unspecified atom stereocenters. The average Bonchev–Trinajstić information content (AvgIpc) is 1.76. The molecule has 0 saturated heterocycles. The normalized spacial score (nSPS) is 12.8. The van der Waals surface area contributed by atoms with Gasteiger partial charge < -0.3 is 4.66 Å². The van der Waals surface area contributed by atoms with Crippen LogP contribution in [0.3, 0.4) is 0 Å². The molecule has 0 fully saturated rings. The zero-order valence-electron chi connectivity index (χ0n) is 9.02. The molecule has 0 aliphatic heterocycles. The monoisotopic (exact) mass is 197 g/mol. The molecule has 0 aliphatic carbocycles. The van der Waals surface area contributed by atoms with Crippen LogP contribution in [0, 0.1) is 11.5 Å². The molecule has 0 atom stereocenters. The van der Waals surface area contributed by atoms with Crippen LogP contribution in [0.4, 0.5) is 0 Å². The Bertz CT molecular complexity index is 220. The fourth-order valence-electron chi connectivity index (χ4n) is 0.475. The zero-order chi connectivity index (χ0) is 9.83. The van der Waals surface area contributed by atoms with E-state index in [0.29, 0.717) is 0 Å². The van der Waals surface area contributed by atoms with Gasteiger partial charge in [0.05, 0.1) is 6.21 Å². The van der Waals surface area contributed by atoms with Crippen LogP contribution in [-0.2, 0) is 0 Å². The minimum Gasteiger partial charge on any atom is -0.321 e. The first kappa shape index (κ1) is 11.7. The standard InChI is InChI=1S/C9H19NSi2/c1-11(2,3)9-7-8-10-12(4,5)6/h8H,1-6H3. The van der Waals surface area contributed by atoms with Gasteiger partial charge in [0.15, 0.2) is 8.24 Å². The van der Waals surface area contributed by atoms with Crippen molar-refractivity contribution < 1.29 is 0 Å². The van der Waals surface area contributed by atoms with Gasteiger partial charge in [-0.25, -0.2) is 0 Å². The van der Waals surface area contributed by atoms with Crippen molar-refractivity contribution in [1.82, 2.24) is 0 Å². The highest BCUT2D eigenvalue weighted by Crippen LogP contribution is 1.99. The van der Waals surface area contributed by atoms with Crippen LogP contribution in [0.5, 0.6) is 0 Å². The van der Waals surface area contributed by atoms with E-state index in [4.69, 9.17) is 0 Å². The van der Waals surface area contributed by atoms with E-state index in [1.165, 1.54) is 0 Å². The first-order valence-corrected chi connectivity index (χ1v) is 11.2. The summed E-state index contributed by atoms with van der Waals surface area (Å²) in [6, 6.07) is 0. The lowest BCUT2D eigenvalue weighted by molar-refractivity contribution is 1.58. The van der Waals surface area contributed by atoms with Gasteiger partial charge in [0.1, 0.15) is 8.07 Å². The van der Waals surface area contributed by atoms with E-state index in [1.54, 1.807) is 6.21 Å². The minimum atomic E-state index is -1.27. The maximum absolute atomic E-state index is 4.42.